The lowest BCUT2D eigenvalue weighted by molar-refractivity contribution is 0.0519. The summed E-state index contributed by atoms with van der Waals surface area (Å²) in [6.07, 6.45) is 0.506. The first-order valence-corrected chi connectivity index (χ1v) is 12.7. The van der Waals surface area contributed by atoms with Gasteiger partial charge in [-0.1, -0.05) is 34.6 Å². The smallest absolute Gasteiger partial charge is 0.357 e. The second-order valence-corrected chi connectivity index (χ2v) is 13.9. The quantitative estimate of drug-likeness (QED) is 0.515. The number of esters is 1. The van der Waals surface area contributed by atoms with E-state index in [0.29, 0.717) is 24.6 Å². The molecule has 0 saturated heterocycles. The minimum atomic E-state index is -1.99. The van der Waals surface area contributed by atoms with Gasteiger partial charge < -0.3 is 14.9 Å². The van der Waals surface area contributed by atoms with Crippen molar-refractivity contribution in [1.82, 2.24) is 4.98 Å². The van der Waals surface area contributed by atoms with Crippen LogP contribution in [0.3, 0.4) is 0 Å². The van der Waals surface area contributed by atoms with Crippen LogP contribution < -0.4 is 5.73 Å². The molecule has 1 aromatic heterocycles. The average molecular weight is 387 g/mol. The highest BCUT2D eigenvalue weighted by molar-refractivity contribution is 7.09. The first-order valence-electron chi connectivity index (χ1n) is 8.95. The summed E-state index contributed by atoms with van der Waals surface area (Å²) >= 11 is 1.45. The van der Waals surface area contributed by atoms with E-state index in [2.05, 4.69) is 52.7 Å². The van der Waals surface area contributed by atoms with Gasteiger partial charge in [0.1, 0.15) is 5.01 Å². The Morgan fingerprint density at radius 3 is 2.44 bits per heavy atom. The van der Waals surface area contributed by atoms with Crippen LogP contribution >= 0.6 is 11.3 Å². The standard InChI is InChI=1S/C18H34N2O3SSi/c1-9-22-17(21)14-11-24-16(20-14)15(10-13(19)12(2)3)23-25(7,8)18(4,5)6/h11-13,15H,9-10,19H2,1-8H3/t13-,15-/m1/s1. The lowest BCUT2D eigenvalue weighted by Crippen LogP contribution is -2.43. The Kier molecular flexibility index (Phi) is 7.80. The van der Waals surface area contributed by atoms with Gasteiger partial charge in [0.2, 0.25) is 0 Å². The Hall–Kier alpha value is -0.763. The summed E-state index contributed by atoms with van der Waals surface area (Å²) in [6, 6.07) is 0.0183. The van der Waals surface area contributed by atoms with Crippen LogP contribution in [0.4, 0.5) is 0 Å². The van der Waals surface area contributed by atoms with Crippen molar-refractivity contribution in [2.24, 2.45) is 11.7 Å². The Labute approximate surface area is 157 Å². The summed E-state index contributed by atoms with van der Waals surface area (Å²) in [6.45, 7) is 17.4. The number of carbonyl (C=O) groups excluding carboxylic acids is 1. The van der Waals surface area contributed by atoms with Gasteiger partial charge in [0.25, 0.3) is 0 Å². The van der Waals surface area contributed by atoms with Crippen LogP contribution in [0.2, 0.25) is 18.1 Å². The summed E-state index contributed by atoms with van der Waals surface area (Å²) in [5.41, 5.74) is 6.67. The van der Waals surface area contributed by atoms with Gasteiger partial charge in [0.05, 0.1) is 12.7 Å². The van der Waals surface area contributed by atoms with Crippen molar-refractivity contribution in [3.05, 3.63) is 16.1 Å². The predicted octanol–water partition coefficient (Wildman–Crippen LogP) is 4.76. The Balaban J connectivity index is 3.08. The summed E-state index contributed by atoms with van der Waals surface area (Å²) < 4.78 is 11.7. The fraction of sp³-hybridized carbons (Fsp3) is 0.778. The molecule has 144 valence electrons. The molecule has 5 nitrogen and oxygen atoms in total. The number of hydrogen-bond acceptors (Lipinski definition) is 6. The zero-order valence-electron chi connectivity index (χ0n) is 16.9. The zero-order chi connectivity index (χ0) is 19.4. The van der Waals surface area contributed by atoms with Crippen LogP contribution in [-0.4, -0.2) is 31.9 Å². The molecule has 2 atom stereocenters. The molecule has 0 aliphatic carbocycles. The van der Waals surface area contributed by atoms with Crippen LogP contribution in [0.1, 0.15) is 69.6 Å². The molecule has 2 N–H and O–H groups in total. The van der Waals surface area contributed by atoms with Gasteiger partial charge in [-0.3, -0.25) is 0 Å². The molecule has 1 heterocycles. The minimum Gasteiger partial charge on any atom is -0.461 e. The van der Waals surface area contributed by atoms with E-state index in [1.54, 1.807) is 12.3 Å². The maximum Gasteiger partial charge on any atom is 0.357 e. The third-order valence-corrected chi connectivity index (χ3v) is 10.3. The number of nitrogens with zero attached hydrogens (tertiary/aromatic N) is 1. The van der Waals surface area contributed by atoms with Crippen LogP contribution in [0.5, 0.6) is 0 Å². The van der Waals surface area contributed by atoms with Crippen LogP contribution in [-0.2, 0) is 9.16 Å². The number of rotatable bonds is 8. The number of ether oxygens (including phenoxy) is 1. The molecule has 0 aromatic carbocycles. The highest BCUT2D eigenvalue weighted by atomic mass is 32.1. The molecular formula is C18H34N2O3SSi. The lowest BCUT2D eigenvalue weighted by Gasteiger charge is -2.39. The van der Waals surface area contributed by atoms with Gasteiger partial charge in [-0.2, -0.15) is 0 Å². The number of hydrogen-bond donors (Lipinski definition) is 1. The number of aromatic nitrogens is 1. The van der Waals surface area contributed by atoms with Gasteiger partial charge in [-0.15, -0.1) is 11.3 Å². The van der Waals surface area contributed by atoms with E-state index in [9.17, 15) is 4.79 Å². The Morgan fingerprint density at radius 2 is 1.96 bits per heavy atom. The van der Waals surface area contributed by atoms with E-state index in [1.807, 2.05) is 0 Å². The van der Waals surface area contributed by atoms with E-state index in [4.69, 9.17) is 14.9 Å². The average Bonchev–Trinajstić information content (AvgIpc) is 2.95. The molecule has 0 spiro atoms. The molecule has 0 aliphatic heterocycles. The summed E-state index contributed by atoms with van der Waals surface area (Å²) in [7, 11) is -1.99. The first-order chi connectivity index (χ1) is 11.4. The Bertz CT molecular complexity index is 567. The maximum absolute atomic E-state index is 11.9. The normalized spacial score (nSPS) is 15.3. The van der Waals surface area contributed by atoms with Crippen molar-refractivity contribution in [3.8, 4) is 0 Å². The van der Waals surface area contributed by atoms with Crippen LogP contribution in [0.15, 0.2) is 5.38 Å². The first kappa shape index (κ1) is 22.3. The molecule has 0 unspecified atom stereocenters. The SMILES string of the molecule is CCOC(=O)c1csc([C@@H](C[C@@H](N)C(C)C)O[Si](C)(C)C(C)(C)C)n1. The van der Waals surface area contributed by atoms with Gasteiger partial charge in [-0.25, -0.2) is 9.78 Å². The van der Waals surface area contributed by atoms with Gasteiger partial charge in [0, 0.05) is 11.4 Å². The molecular weight excluding hydrogens is 352 g/mol. The molecule has 0 radical (unpaired) electrons. The van der Waals surface area contributed by atoms with Gasteiger partial charge in [-0.05, 0) is 37.4 Å². The van der Waals surface area contributed by atoms with Crippen LogP contribution in [0, 0.1) is 5.92 Å². The summed E-state index contributed by atoms with van der Waals surface area (Å²) in [5.74, 6) is -0.0285. The monoisotopic (exact) mass is 386 g/mol. The highest BCUT2D eigenvalue weighted by Gasteiger charge is 2.40. The lowest BCUT2D eigenvalue weighted by atomic mass is 9.99. The van der Waals surface area contributed by atoms with E-state index < -0.39 is 8.32 Å². The third-order valence-electron chi connectivity index (χ3n) is 4.87. The van der Waals surface area contributed by atoms with Crippen molar-refractivity contribution in [2.45, 2.75) is 78.2 Å². The van der Waals surface area contributed by atoms with Crippen molar-refractivity contribution in [1.29, 1.82) is 0 Å². The predicted molar refractivity (Wildman–Crippen MR) is 107 cm³/mol. The van der Waals surface area contributed by atoms with Crippen molar-refractivity contribution in [3.63, 3.8) is 0 Å². The van der Waals surface area contributed by atoms with E-state index >= 15 is 0 Å². The number of thiazole rings is 1. The highest BCUT2D eigenvalue weighted by Crippen LogP contribution is 2.41. The van der Waals surface area contributed by atoms with Crippen molar-refractivity contribution >= 4 is 25.6 Å². The largest absolute Gasteiger partial charge is 0.461 e. The second kappa shape index (κ2) is 8.75. The van der Waals surface area contributed by atoms with E-state index in [0.717, 1.165) is 5.01 Å². The van der Waals surface area contributed by atoms with Crippen LogP contribution in [0.25, 0.3) is 0 Å². The zero-order valence-corrected chi connectivity index (χ0v) is 18.7. The molecule has 0 fully saturated rings. The number of carbonyl (C=O) groups is 1. The molecule has 7 heteroatoms. The molecule has 25 heavy (non-hydrogen) atoms. The van der Waals surface area contributed by atoms with Crippen molar-refractivity contribution < 1.29 is 14.0 Å². The van der Waals surface area contributed by atoms with E-state index in [-0.39, 0.29) is 23.2 Å². The minimum absolute atomic E-state index is 0.0183. The molecule has 0 saturated carbocycles. The molecule has 0 aliphatic rings. The molecule has 0 bridgehead atoms. The van der Waals surface area contributed by atoms with E-state index in [1.165, 1.54) is 11.3 Å². The van der Waals surface area contributed by atoms with Crippen molar-refractivity contribution in [2.75, 3.05) is 6.61 Å². The summed E-state index contributed by atoms with van der Waals surface area (Å²) in [4.78, 5) is 16.4. The third kappa shape index (κ3) is 6.16. The molecule has 1 rings (SSSR count). The van der Waals surface area contributed by atoms with Gasteiger partial charge in [0.15, 0.2) is 14.0 Å². The summed E-state index contributed by atoms with van der Waals surface area (Å²) in [5, 5.41) is 2.65. The maximum atomic E-state index is 11.9. The van der Waals surface area contributed by atoms with Gasteiger partial charge >= 0.3 is 5.97 Å². The molecule has 0 amide bonds. The fourth-order valence-electron chi connectivity index (χ4n) is 1.99. The Morgan fingerprint density at radius 1 is 1.36 bits per heavy atom. The topological polar surface area (TPSA) is 74.4 Å². The molecule has 1 aromatic rings. The number of nitrogens with two attached hydrogens (primary N) is 1. The second-order valence-electron chi connectivity index (χ2n) is 8.30. The fourth-order valence-corrected chi connectivity index (χ4v) is 4.17.